The predicted molar refractivity (Wildman–Crippen MR) is 199 cm³/mol. The Kier molecular flexibility index (Phi) is 9.89. The topological polar surface area (TPSA) is 67.0 Å². The number of hydrogen-bond donors (Lipinski definition) is 0. The molecule has 1 fully saturated rings. The molecule has 0 bridgehead atoms. The van der Waals surface area contributed by atoms with Gasteiger partial charge in [0, 0.05) is 38.0 Å². The zero-order valence-corrected chi connectivity index (χ0v) is 29.9. The molecule has 252 valence electrons. The van der Waals surface area contributed by atoms with E-state index in [1.54, 1.807) is 6.33 Å². The zero-order valence-electron chi connectivity index (χ0n) is 28.9. The second-order valence-corrected chi connectivity index (χ2v) is 20.2. The van der Waals surface area contributed by atoms with E-state index in [9.17, 15) is 0 Å². The summed E-state index contributed by atoms with van der Waals surface area (Å²) in [5, 5.41) is 5.86. The van der Waals surface area contributed by atoms with E-state index in [2.05, 4.69) is 142 Å². The Morgan fingerprint density at radius 1 is 0.776 bits per heavy atom. The van der Waals surface area contributed by atoms with Crippen molar-refractivity contribution in [1.29, 1.82) is 0 Å². The SMILES string of the molecule is C[Si](C)(C)CCOCn1ccc2c(-c3cnn([C@H]4CC[C@@H](COC(c5ccccc5)(c5ccccc5)c5ccccc5)CC4)c3)ncnc21. The first-order chi connectivity index (χ1) is 23.9. The third kappa shape index (κ3) is 7.32. The molecule has 6 aromatic rings. The summed E-state index contributed by atoms with van der Waals surface area (Å²) in [6, 6.07) is 35.6. The first-order valence-corrected chi connectivity index (χ1v) is 21.3. The van der Waals surface area contributed by atoms with E-state index in [1.165, 1.54) is 0 Å². The standard InChI is InChI=1S/C41H47N5O2Si/c1-49(2,3)26-25-47-31-45-24-23-38-39(42-30-43-40(38)45)33-27-44-46(28-33)37-21-19-32(20-22-37)29-48-41(34-13-7-4-8-14-34,35-15-9-5-10-16-35)36-17-11-6-12-18-36/h4-18,23-24,27-28,30,32,37H,19-22,25-26,29,31H2,1-3H3/t32-,37+. The highest BCUT2D eigenvalue weighted by Gasteiger charge is 2.38. The Hall–Kier alpha value is -4.37. The Labute approximate surface area is 291 Å². The van der Waals surface area contributed by atoms with Crippen molar-refractivity contribution in [2.45, 2.75) is 69.7 Å². The van der Waals surface area contributed by atoms with Crippen LogP contribution in [0.5, 0.6) is 0 Å². The van der Waals surface area contributed by atoms with Gasteiger partial charge in [-0.25, -0.2) is 9.97 Å². The van der Waals surface area contributed by atoms with E-state index < -0.39 is 13.7 Å². The van der Waals surface area contributed by atoms with Gasteiger partial charge in [0.05, 0.1) is 24.5 Å². The zero-order chi connectivity index (χ0) is 33.7. The molecule has 3 heterocycles. The summed E-state index contributed by atoms with van der Waals surface area (Å²) < 4.78 is 17.4. The molecule has 0 radical (unpaired) electrons. The molecule has 0 unspecified atom stereocenters. The monoisotopic (exact) mass is 669 g/mol. The van der Waals surface area contributed by atoms with Crippen molar-refractivity contribution in [3.8, 4) is 11.3 Å². The van der Waals surface area contributed by atoms with Gasteiger partial charge in [-0.1, -0.05) is 111 Å². The van der Waals surface area contributed by atoms with Gasteiger partial charge in [0.2, 0.25) is 0 Å². The molecular weight excluding hydrogens is 623 g/mol. The summed E-state index contributed by atoms with van der Waals surface area (Å²) in [5.41, 5.74) is 5.59. The largest absolute Gasteiger partial charge is 0.361 e. The maximum atomic E-state index is 7.17. The number of rotatable bonds is 13. The third-order valence-corrected chi connectivity index (χ3v) is 11.6. The fraction of sp³-hybridized carbons (Fsp3) is 0.341. The molecule has 0 spiro atoms. The number of ether oxygens (including phenoxy) is 2. The lowest BCUT2D eigenvalue weighted by Gasteiger charge is -2.38. The molecule has 49 heavy (non-hydrogen) atoms. The second-order valence-electron chi connectivity index (χ2n) is 14.6. The average Bonchev–Trinajstić information content (AvgIpc) is 3.80. The Morgan fingerprint density at radius 2 is 1.39 bits per heavy atom. The number of aromatic nitrogens is 5. The van der Waals surface area contributed by atoms with Crippen molar-refractivity contribution >= 4 is 19.1 Å². The molecule has 0 amide bonds. The van der Waals surface area contributed by atoms with Crippen LogP contribution >= 0.6 is 0 Å². The summed E-state index contributed by atoms with van der Waals surface area (Å²) in [6.45, 7) is 9.08. The smallest absolute Gasteiger partial charge is 0.145 e. The maximum Gasteiger partial charge on any atom is 0.145 e. The van der Waals surface area contributed by atoms with Crippen LogP contribution in [0.4, 0.5) is 0 Å². The first kappa shape index (κ1) is 33.1. The van der Waals surface area contributed by atoms with Crippen LogP contribution in [0.3, 0.4) is 0 Å². The van der Waals surface area contributed by atoms with Crippen molar-refractivity contribution in [1.82, 2.24) is 24.3 Å². The van der Waals surface area contributed by atoms with E-state index >= 15 is 0 Å². The van der Waals surface area contributed by atoms with Crippen LogP contribution in [0.15, 0.2) is 122 Å². The molecule has 3 aromatic heterocycles. The lowest BCUT2D eigenvalue weighted by molar-refractivity contribution is -0.0172. The van der Waals surface area contributed by atoms with Gasteiger partial charge in [-0.05, 0) is 60.4 Å². The van der Waals surface area contributed by atoms with Gasteiger partial charge in [-0.15, -0.1) is 0 Å². The number of hydrogen-bond acceptors (Lipinski definition) is 5. The molecule has 3 aromatic carbocycles. The number of benzene rings is 3. The molecule has 1 aliphatic rings. The molecule has 8 heteroatoms. The highest BCUT2D eigenvalue weighted by molar-refractivity contribution is 6.76. The van der Waals surface area contributed by atoms with Crippen LogP contribution in [0.1, 0.15) is 48.4 Å². The van der Waals surface area contributed by atoms with E-state index in [0.717, 1.165) is 77.3 Å². The van der Waals surface area contributed by atoms with Gasteiger partial charge >= 0.3 is 0 Å². The Balaban J connectivity index is 1.03. The molecule has 0 aliphatic heterocycles. The fourth-order valence-electron chi connectivity index (χ4n) is 7.13. The highest BCUT2D eigenvalue weighted by Crippen LogP contribution is 2.42. The van der Waals surface area contributed by atoms with Crippen LogP contribution < -0.4 is 0 Å². The summed E-state index contributed by atoms with van der Waals surface area (Å²) in [6.07, 6.45) is 12.1. The lowest BCUT2D eigenvalue weighted by Crippen LogP contribution is -2.35. The molecule has 1 saturated carbocycles. The quantitative estimate of drug-likeness (QED) is 0.0697. The van der Waals surface area contributed by atoms with E-state index in [4.69, 9.17) is 14.6 Å². The van der Waals surface area contributed by atoms with Gasteiger partial charge in [0.25, 0.3) is 0 Å². The van der Waals surface area contributed by atoms with Gasteiger partial charge < -0.3 is 14.0 Å². The molecule has 0 N–H and O–H groups in total. The van der Waals surface area contributed by atoms with Gasteiger partial charge in [0.1, 0.15) is 24.3 Å². The molecule has 7 nitrogen and oxygen atoms in total. The van der Waals surface area contributed by atoms with Crippen molar-refractivity contribution in [3.63, 3.8) is 0 Å². The minimum Gasteiger partial charge on any atom is -0.361 e. The summed E-state index contributed by atoms with van der Waals surface area (Å²) in [5.74, 6) is 0.469. The van der Waals surface area contributed by atoms with Crippen LogP contribution in [-0.2, 0) is 21.8 Å². The Bertz CT molecular complexity index is 1830. The molecule has 0 atom stereocenters. The van der Waals surface area contributed by atoms with Gasteiger partial charge in [-0.3, -0.25) is 4.68 Å². The van der Waals surface area contributed by atoms with Crippen molar-refractivity contribution in [2.75, 3.05) is 13.2 Å². The minimum atomic E-state index is -1.13. The van der Waals surface area contributed by atoms with Crippen LogP contribution in [0.25, 0.3) is 22.3 Å². The first-order valence-electron chi connectivity index (χ1n) is 17.6. The van der Waals surface area contributed by atoms with Crippen molar-refractivity contribution < 1.29 is 9.47 Å². The number of nitrogens with zero attached hydrogens (tertiary/aromatic N) is 5. The average molecular weight is 670 g/mol. The minimum absolute atomic E-state index is 0.355. The third-order valence-electron chi connectivity index (χ3n) is 9.92. The molecular formula is C41H47N5O2Si. The molecule has 7 rings (SSSR count). The maximum absolute atomic E-state index is 7.17. The Morgan fingerprint density at radius 3 is 1.98 bits per heavy atom. The summed E-state index contributed by atoms with van der Waals surface area (Å²) >= 11 is 0. The van der Waals surface area contributed by atoms with Crippen molar-refractivity contribution in [3.05, 3.63) is 139 Å². The highest BCUT2D eigenvalue weighted by atomic mass is 28.3. The van der Waals surface area contributed by atoms with Crippen LogP contribution in [-0.4, -0.2) is 45.6 Å². The van der Waals surface area contributed by atoms with E-state index in [1.807, 2.05) is 12.4 Å². The fourth-order valence-corrected chi connectivity index (χ4v) is 7.88. The molecule has 0 saturated heterocycles. The summed E-state index contributed by atoms with van der Waals surface area (Å²) in [7, 11) is -1.13. The van der Waals surface area contributed by atoms with Gasteiger partial charge in [0.15, 0.2) is 0 Å². The normalized spacial score (nSPS) is 17.0. The number of fused-ring (bicyclic) bond motifs is 1. The lowest BCUT2D eigenvalue weighted by atomic mass is 9.79. The summed E-state index contributed by atoms with van der Waals surface area (Å²) in [4.78, 5) is 9.28. The van der Waals surface area contributed by atoms with Crippen LogP contribution in [0, 0.1) is 5.92 Å². The molecule has 1 aliphatic carbocycles. The predicted octanol–water partition coefficient (Wildman–Crippen LogP) is 9.35. The van der Waals surface area contributed by atoms with Gasteiger partial charge in [-0.2, -0.15) is 5.10 Å². The van der Waals surface area contributed by atoms with E-state index in [0.29, 0.717) is 25.3 Å². The van der Waals surface area contributed by atoms with E-state index in [-0.39, 0.29) is 0 Å². The van der Waals surface area contributed by atoms with Crippen LogP contribution in [0.2, 0.25) is 25.7 Å². The second kappa shape index (κ2) is 14.6. The van der Waals surface area contributed by atoms with Crippen molar-refractivity contribution in [2.24, 2.45) is 5.92 Å².